The summed E-state index contributed by atoms with van der Waals surface area (Å²) in [5.41, 5.74) is -1.02. The van der Waals surface area contributed by atoms with E-state index in [0.29, 0.717) is 42.3 Å². The fraction of sp³-hybridized carbons (Fsp3) is 0.500. The third-order valence-electron chi connectivity index (χ3n) is 7.10. The molecule has 0 aliphatic carbocycles. The molecule has 1 aliphatic rings. The number of carbonyl (C=O) groups excluding carboxylic acids is 2. The zero-order chi connectivity index (χ0) is 30.1. The van der Waals surface area contributed by atoms with Crippen LogP contribution in [-0.2, 0) is 16.5 Å². The van der Waals surface area contributed by atoms with Gasteiger partial charge in [0, 0.05) is 32.1 Å². The molecule has 1 fully saturated rings. The molecule has 41 heavy (non-hydrogen) atoms. The number of aryl methyl sites for hydroxylation is 2. The third kappa shape index (κ3) is 6.67. The topological polar surface area (TPSA) is 111 Å². The number of benzene rings is 1. The number of aromatic nitrogens is 3. The first kappa shape index (κ1) is 30.4. The van der Waals surface area contributed by atoms with Crippen molar-refractivity contribution in [1.29, 1.82) is 0 Å². The van der Waals surface area contributed by atoms with Crippen molar-refractivity contribution in [3.05, 3.63) is 46.6 Å². The van der Waals surface area contributed by atoms with Gasteiger partial charge in [0.1, 0.15) is 33.6 Å². The van der Waals surface area contributed by atoms with Gasteiger partial charge in [-0.15, -0.1) is 11.3 Å². The second-order valence-corrected chi connectivity index (χ2v) is 12.4. The summed E-state index contributed by atoms with van der Waals surface area (Å²) >= 11 is 1.04. The molecule has 0 saturated carbocycles. The van der Waals surface area contributed by atoms with E-state index < -0.39 is 34.8 Å². The number of nitrogens with zero attached hydrogens (tertiary/aromatic N) is 4. The summed E-state index contributed by atoms with van der Waals surface area (Å²) in [6.07, 6.45) is 2.15. The van der Waals surface area contributed by atoms with Crippen molar-refractivity contribution in [3.8, 4) is 10.6 Å². The number of halogens is 2. The number of methoxy groups -OCH3 is 1. The minimum absolute atomic E-state index is 0.0758. The summed E-state index contributed by atoms with van der Waals surface area (Å²) in [7, 11) is 3.39. The zero-order valence-corrected chi connectivity index (χ0v) is 25.1. The molecule has 1 aliphatic heterocycles. The number of rotatable bonds is 6. The van der Waals surface area contributed by atoms with E-state index in [1.807, 2.05) is 6.92 Å². The summed E-state index contributed by atoms with van der Waals surface area (Å²) in [4.78, 5) is 32.7. The minimum Gasteiger partial charge on any atom is -0.444 e. The normalized spacial score (nSPS) is 19.5. The number of thiazole rings is 1. The Labute approximate surface area is 242 Å². The van der Waals surface area contributed by atoms with Crippen LogP contribution in [0, 0.1) is 18.6 Å². The Morgan fingerprint density at radius 3 is 2.51 bits per heavy atom. The van der Waals surface area contributed by atoms with Crippen molar-refractivity contribution in [2.24, 2.45) is 7.05 Å². The molecule has 3 aromatic rings. The van der Waals surface area contributed by atoms with Crippen molar-refractivity contribution in [2.75, 3.05) is 30.4 Å². The van der Waals surface area contributed by atoms with Crippen LogP contribution in [0.25, 0.3) is 10.6 Å². The SMILES string of the molecule is COC1(C)CCN(c2c(NC(=O)c3nc(-c4c(F)cccc4F)sc3C)cnn2C)CCC1NC(=O)OC(C)(C)C. The first-order valence-electron chi connectivity index (χ1n) is 13.3. The van der Waals surface area contributed by atoms with Crippen LogP contribution in [-0.4, -0.2) is 64.2 Å². The molecule has 0 radical (unpaired) electrons. The Bertz CT molecular complexity index is 1420. The van der Waals surface area contributed by atoms with Gasteiger partial charge in [-0.25, -0.2) is 18.6 Å². The summed E-state index contributed by atoms with van der Waals surface area (Å²) in [5.74, 6) is -1.34. The van der Waals surface area contributed by atoms with Gasteiger partial charge in [-0.1, -0.05) is 6.07 Å². The molecular formula is C28H36F2N6O4S. The quantitative estimate of drug-likeness (QED) is 0.402. The van der Waals surface area contributed by atoms with Gasteiger partial charge in [-0.2, -0.15) is 5.10 Å². The molecule has 0 spiro atoms. The highest BCUT2D eigenvalue weighted by molar-refractivity contribution is 7.15. The summed E-state index contributed by atoms with van der Waals surface area (Å²) in [6.45, 7) is 10.1. The first-order chi connectivity index (χ1) is 19.2. The number of hydrogen-bond donors (Lipinski definition) is 2. The van der Waals surface area contributed by atoms with Crippen molar-refractivity contribution in [1.82, 2.24) is 20.1 Å². The van der Waals surface area contributed by atoms with E-state index in [0.717, 1.165) is 23.5 Å². The summed E-state index contributed by atoms with van der Waals surface area (Å²) in [6, 6.07) is 3.26. The molecule has 2 amide bonds. The zero-order valence-electron chi connectivity index (χ0n) is 24.3. The number of hydrogen-bond acceptors (Lipinski definition) is 8. The maximum Gasteiger partial charge on any atom is 0.407 e. The molecule has 2 atom stereocenters. The predicted octanol–water partition coefficient (Wildman–Crippen LogP) is 5.28. The van der Waals surface area contributed by atoms with E-state index >= 15 is 0 Å². The highest BCUT2D eigenvalue weighted by Gasteiger charge is 2.40. The molecule has 10 nitrogen and oxygen atoms in total. The molecule has 2 aromatic heterocycles. The van der Waals surface area contributed by atoms with Gasteiger partial charge in [0.05, 0.1) is 23.4 Å². The van der Waals surface area contributed by atoms with Crippen LogP contribution < -0.4 is 15.5 Å². The average Bonchev–Trinajstić information content (AvgIpc) is 3.39. The lowest BCUT2D eigenvalue weighted by atomic mass is 9.91. The lowest BCUT2D eigenvalue weighted by molar-refractivity contribution is -0.0317. The van der Waals surface area contributed by atoms with Crippen molar-refractivity contribution in [2.45, 2.75) is 64.7 Å². The third-order valence-corrected chi connectivity index (χ3v) is 8.09. The van der Waals surface area contributed by atoms with Crippen molar-refractivity contribution >= 4 is 34.8 Å². The Balaban J connectivity index is 1.54. The van der Waals surface area contributed by atoms with Gasteiger partial charge in [-0.3, -0.25) is 9.48 Å². The highest BCUT2D eigenvalue weighted by atomic mass is 32.1. The van der Waals surface area contributed by atoms with Crippen LogP contribution in [0.3, 0.4) is 0 Å². The molecule has 1 saturated heterocycles. The van der Waals surface area contributed by atoms with Crippen LogP contribution in [0.1, 0.15) is 55.9 Å². The molecule has 1 aromatic carbocycles. The van der Waals surface area contributed by atoms with Crippen LogP contribution in [0.5, 0.6) is 0 Å². The van der Waals surface area contributed by atoms with Crippen LogP contribution in [0.15, 0.2) is 24.4 Å². The van der Waals surface area contributed by atoms with Crippen molar-refractivity contribution in [3.63, 3.8) is 0 Å². The van der Waals surface area contributed by atoms with E-state index in [-0.39, 0.29) is 22.3 Å². The maximum atomic E-state index is 14.3. The summed E-state index contributed by atoms with van der Waals surface area (Å²) < 4.78 is 41.7. The maximum absolute atomic E-state index is 14.3. The van der Waals surface area contributed by atoms with E-state index in [2.05, 4.69) is 25.6 Å². The fourth-order valence-corrected chi connectivity index (χ4v) is 5.81. The molecule has 0 bridgehead atoms. The van der Waals surface area contributed by atoms with Crippen LogP contribution in [0.2, 0.25) is 0 Å². The number of nitrogens with one attached hydrogen (secondary N) is 2. The largest absolute Gasteiger partial charge is 0.444 e. The van der Waals surface area contributed by atoms with Crippen LogP contribution >= 0.6 is 11.3 Å². The molecule has 4 rings (SSSR count). The van der Waals surface area contributed by atoms with Gasteiger partial charge in [0.2, 0.25) is 0 Å². The first-order valence-corrected chi connectivity index (χ1v) is 14.1. The molecule has 3 heterocycles. The van der Waals surface area contributed by atoms with E-state index in [9.17, 15) is 18.4 Å². The smallest absolute Gasteiger partial charge is 0.407 e. The van der Waals surface area contributed by atoms with Crippen LogP contribution in [0.4, 0.5) is 25.1 Å². The standard InChI is InChI=1S/C28H36F2N6O4S/c1-16-22(34-24(41-16)21-17(29)9-8-10-18(21)30)23(37)32-19-15-31-35(6)25(19)36-13-11-20(28(5,39-7)12-14-36)33-26(38)40-27(2,3)4/h8-10,15,20H,11-14H2,1-7H3,(H,32,37)(H,33,38). The Morgan fingerprint density at radius 1 is 1.20 bits per heavy atom. The number of carbonyl (C=O) groups is 2. The number of amides is 2. The van der Waals surface area contributed by atoms with Gasteiger partial charge >= 0.3 is 6.09 Å². The number of ether oxygens (including phenoxy) is 2. The number of alkyl carbamates (subject to hydrolysis) is 1. The lowest BCUT2D eigenvalue weighted by Crippen LogP contribution is -2.52. The van der Waals surface area contributed by atoms with E-state index in [1.165, 1.54) is 6.07 Å². The van der Waals surface area contributed by atoms with Gasteiger partial charge in [0.15, 0.2) is 5.82 Å². The monoisotopic (exact) mass is 590 g/mol. The molecule has 222 valence electrons. The Hall–Kier alpha value is -3.58. The lowest BCUT2D eigenvalue weighted by Gasteiger charge is -2.35. The second kappa shape index (κ2) is 11.7. The highest BCUT2D eigenvalue weighted by Crippen LogP contribution is 2.34. The van der Waals surface area contributed by atoms with E-state index in [4.69, 9.17) is 9.47 Å². The predicted molar refractivity (Wildman–Crippen MR) is 153 cm³/mol. The minimum atomic E-state index is -0.746. The molecule has 2 unspecified atom stereocenters. The molecular weight excluding hydrogens is 554 g/mol. The van der Waals surface area contributed by atoms with Gasteiger partial charge < -0.3 is 25.0 Å². The Morgan fingerprint density at radius 2 is 1.88 bits per heavy atom. The Kier molecular flexibility index (Phi) is 8.69. The second-order valence-electron chi connectivity index (χ2n) is 11.2. The van der Waals surface area contributed by atoms with Crippen molar-refractivity contribution < 1.29 is 27.8 Å². The summed E-state index contributed by atoms with van der Waals surface area (Å²) in [5, 5.41) is 10.3. The van der Waals surface area contributed by atoms with Gasteiger partial charge in [-0.05, 0) is 59.6 Å². The number of anilines is 2. The molecule has 2 N–H and O–H groups in total. The van der Waals surface area contributed by atoms with Gasteiger partial charge in [0.25, 0.3) is 5.91 Å². The van der Waals surface area contributed by atoms with E-state index in [1.54, 1.807) is 52.7 Å². The molecule has 13 heteroatoms. The fourth-order valence-electron chi connectivity index (χ4n) is 4.86. The average molecular weight is 591 g/mol.